The predicted octanol–water partition coefficient (Wildman–Crippen LogP) is 3.61. The van der Waals surface area contributed by atoms with E-state index in [0.29, 0.717) is 5.75 Å². The molecule has 0 heterocycles. The van der Waals surface area contributed by atoms with E-state index < -0.39 is 11.7 Å². The van der Waals surface area contributed by atoms with Crippen molar-refractivity contribution in [3.05, 3.63) is 29.3 Å². The highest BCUT2D eigenvalue weighted by atomic mass is 35.5. The lowest BCUT2D eigenvalue weighted by molar-refractivity contribution is -0.0820. The molecule has 1 rings (SSSR count). The average Bonchev–Trinajstić information content (AvgIpc) is 2.36. The highest BCUT2D eigenvalue weighted by Gasteiger charge is 2.30. The van der Waals surface area contributed by atoms with Gasteiger partial charge in [-0.15, -0.1) is 11.8 Å². The van der Waals surface area contributed by atoms with Gasteiger partial charge < -0.3 is 9.84 Å². The molecular weight excluding hydrogens is 256 g/mol. The molecule has 0 radical (unpaired) electrons. The fraction of sp³-hybridized carbons (Fsp3) is 0.538. The molecule has 1 aromatic rings. The Morgan fingerprint density at radius 2 is 2.12 bits per heavy atom. The third-order valence-electron chi connectivity index (χ3n) is 3.11. The van der Waals surface area contributed by atoms with Gasteiger partial charge in [0.05, 0.1) is 16.7 Å². The van der Waals surface area contributed by atoms with Gasteiger partial charge in [0.2, 0.25) is 0 Å². The topological polar surface area (TPSA) is 29.5 Å². The average molecular weight is 275 g/mol. The minimum atomic E-state index is -0.515. The molecule has 1 N–H and O–H groups in total. The Balaban J connectivity index is 2.59. The van der Waals surface area contributed by atoms with Crippen molar-refractivity contribution < 1.29 is 9.84 Å². The molecule has 0 aliphatic rings. The van der Waals surface area contributed by atoms with Crippen LogP contribution < -0.4 is 0 Å². The van der Waals surface area contributed by atoms with Crippen LogP contribution in [0.15, 0.2) is 29.2 Å². The molecule has 1 aromatic carbocycles. The van der Waals surface area contributed by atoms with E-state index in [1.165, 1.54) is 0 Å². The van der Waals surface area contributed by atoms with E-state index in [1.54, 1.807) is 18.9 Å². The van der Waals surface area contributed by atoms with E-state index in [0.717, 1.165) is 16.3 Å². The Morgan fingerprint density at radius 3 is 2.65 bits per heavy atom. The monoisotopic (exact) mass is 274 g/mol. The number of methoxy groups -OCH3 is 1. The SMILES string of the molecule is CCC(C)(OC)C(O)CSc1ccccc1Cl. The first-order chi connectivity index (χ1) is 8.03. The lowest BCUT2D eigenvalue weighted by Gasteiger charge is -2.32. The Kier molecular flexibility index (Phi) is 5.80. The largest absolute Gasteiger partial charge is 0.389 e. The summed E-state index contributed by atoms with van der Waals surface area (Å²) in [5, 5.41) is 10.9. The van der Waals surface area contributed by atoms with Gasteiger partial charge in [0.1, 0.15) is 0 Å². The third kappa shape index (κ3) is 3.88. The summed E-state index contributed by atoms with van der Waals surface area (Å²) in [5.74, 6) is 0.571. The number of hydrogen-bond acceptors (Lipinski definition) is 3. The number of benzene rings is 1. The smallest absolute Gasteiger partial charge is 0.0920 e. The summed E-state index contributed by atoms with van der Waals surface area (Å²) in [4.78, 5) is 0.989. The van der Waals surface area contributed by atoms with Crippen molar-refractivity contribution in [2.24, 2.45) is 0 Å². The molecule has 0 aliphatic carbocycles. The van der Waals surface area contributed by atoms with Crippen LogP contribution in [0.1, 0.15) is 20.3 Å². The van der Waals surface area contributed by atoms with Gasteiger partial charge in [-0.1, -0.05) is 30.7 Å². The first-order valence-electron chi connectivity index (χ1n) is 5.64. The van der Waals surface area contributed by atoms with Crippen molar-refractivity contribution in [2.75, 3.05) is 12.9 Å². The summed E-state index contributed by atoms with van der Waals surface area (Å²) in [7, 11) is 1.63. The molecule has 2 nitrogen and oxygen atoms in total. The second-order valence-electron chi connectivity index (χ2n) is 4.13. The summed E-state index contributed by atoms with van der Waals surface area (Å²) in [6.07, 6.45) is 0.257. The van der Waals surface area contributed by atoms with Crippen LogP contribution in [-0.2, 0) is 4.74 Å². The summed E-state index contributed by atoms with van der Waals surface area (Å²) >= 11 is 7.61. The van der Waals surface area contributed by atoms with Crippen molar-refractivity contribution in [1.82, 2.24) is 0 Å². The fourth-order valence-electron chi connectivity index (χ4n) is 1.42. The maximum absolute atomic E-state index is 10.1. The van der Waals surface area contributed by atoms with Crippen molar-refractivity contribution in [1.29, 1.82) is 0 Å². The second kappa shape index (κ2) is 6.64. The molecule has 0 bridgehead atoms. The summed E-state index contributed by atoms with van der Waals surface area (Å²) < 4.78 is 5.37. The van der Waals surface area contributed by atoms with Gasteiger partial charge in [0, 0.05) is 17.8 Å². The quantitative estimate of drug-likeness (QED) is 0.804. The minimum absolute atomic E-state index is 0.492. The maximum Gasteiger partial charge on any atom is 0.0920 e. The fourth-order valence-corrected chi connectivity index (χ4v) is 2.79. The predicted molar refractivity (Wildman–Crippen MR) is 73.9 cm³/mol. The van der Waals surface area contributed by atoms with Crippen molar-refractivity contribution in [2.45, 2.75) is 36.9 Å². The van der Waals surface area contributed by atoms with Gasteiger partial charge in [0.15, 0.2) is 0 Å². The lowest BCUT2D eigenvalue weighted by atomic mass is 9.97. The van der Waals surface area contributed by atoms with E-state index in [4.69, 9.17) is 16.3 Å². The van der Waals surface area contributed by atoms with Crippen molar-refractivity contribution >= 4 is 23.4 Å². The minimum Gasteiger partial charge on any atom is -0.389 e. The third-order valence-corrected chi connectivity index (χ3v) is 4.70. The zero-order valence-corrected chi connectivity index (χ0v) is 12.0. The number of ether oxygens (including phenoxy) is 1. The maximum atomic E-state index is 10.1. The molecule has 17 heavy (non-hydrogen) atoms. The number of thioether (sulfide) groups is 1. The Morgan fingerprint density at radius 1 is 1.47 bits per heavy atom. The Labute approximate surface area is 112 Å². The molecule has 0 aliphatic heterocycles. The zero-order valence-electron chi connectivity index (χ0n) is 10.4. The van der Waals surface area contributed by atoms with Gasteiger partial charge in [-0.25, -0.2) is 0 Å². The summed E-state index contributed by atoms with van der Waals surface area (Å²) in [5.41, 5.74) is -0.492. The van der Waals surface area contributed by atoms with Crippen LogP contribution in [0.2, 0.25) is 5.02 Å². The van der Waals surface area contributed by atoms with Crippen LogP contribution in [0, 0.1) is 0 Å². The highest BCUT2D eigenvalue weighted by molar-refractivity contribution is 7.99. The van der Waals surface area contributed by atoms with Gasteiger partial charge in [-0.2, -0.15) is 0 Å². The number of rotatable bonds is 6. The first-order valence-corrected chi connectivity index (χ1v) is 7.00. The van der Waals surface area contributed by atoms with Gasteiger partial charge >= 0.3 is 0 Å². The van der Waals surface area contributed by atoms with Crippen molar-refractivity contribution in [3.8, 4) is 0 Å². The van der Waals surface area contributed by atoms with Crippen LogP contribution in [0.25, 0.3) is 0 Å². The molecule has 96 valence electrons. The number of hydrogen-bond donors (Lipinski definition) is 1. The number of aliphatic hydroxyl groups excluding tert-OH is 1. The molecule has 2 atom stereocenters. The van der Waals surface area contributed by atoms with E-state index in [2.05, 4.69) is 0 Å². The van der Waals surface area contributed by atoms with Crippen LogP contribution in [0.4, 0.5) is 0 Å². The molecule has 2 unspecified atom stereocenters. The molecular formula is C13H19ClO2S. The molecule has 0 saturated carbocycles. The second-order valence-corrected chi connectivity index (χ2v) is 5.60. The molecule has 0 aromatic heterocycles. The summed E-state index contributed by atoms with van der Waals surface area (Å²) in [6, 6.07) is 7.64. The van der Waals surface area contributed by atoms with Gasteiger partial charge in [0.25, 0.3) is 0 Å². The van der Waals surface area contributed by atoms with E-state index in [-0.39, 0.29) is 0 Å². The Bertz CT molecular complexity index is 353. The Hall–Kier alpha value is -0.220. The molecule has 4 heteroatoms. The molecule has 0 spiro atoms. The van der Waals surface area contributed by atoms with Gasteiger partial charge in [-0.3, -0.25) is 0 Å². The summed E-state index contributed by atoms with van der Waals surface area (Å²) in [6.45, 7) is 3.93. The van der Waals surface area contributed by atoms with E-state index in [9.17, 15) is 5.11 Å². The number of aliphatic hydroxyl groups is 1. The molecule has 0 saturated heterocycles. The molecule has 0 fully saturated rings. The first kappa shape index (κ1) is 14.8. The van der Waals surface area contributed by atoms with E-state index >= 15 is 0 Å². The normalized spacial score (nSPS) is 16.5. The molecule has 0 amide bonds. The van der Waals surface area contributed by atoms with Gasteiger partial charge in [-0.05, 0) is 25.5 Å². The zero-order chi connectivity index (χ0) is 12.9. The standard InChI is InChI=1S/C13H19ClO2S/c1-4-13(2,16-3)12(15)9-17-11-8-6-5-7-10(11)14/h5-8,12,15H,4,9H2,1-3H3. The van der Waals surface area contributed by atoms with Crippen LogP contribution in [0.5, 0.6) is 0 Å². The van der Waals surface area contributed by atoms with Crippen LogP contribution in [-0.4, -0.2) is 29.7 Å². The highest BCUT2D eigenvalue weighted by Crippen LogP contribution is 2.30. The number of halogens is 1. The van der Waals surface area contributed by atoms with E-state index in [1.807, 2.05) is 38.1 Å². The lowest BCUT2D eigenvalue weighted by Crippen LogP contribution is -2.42. The van der Waals surface area contributed by atoms with Crippen molar-refractivity contribution in [3.63, 3.8) is 0 Å². The van der Waals surface area contributed by atoms with Crippen LogP contribution >= 0.6 is 23.4 Å². The van der Waals surface area contributed by atoms with Crippen LogP contribution in [0.3, 0.4) is 0 Å².